The molecule has 1 saturated heterocycles. The maximum atomic E-state index is 12.7. The maximum absolute atomic E-state index is 12.7. The molecule has 1 N–H and O–H groups in total. The number of furan rings is 1. The van der Waals surface area contributed by atoms with Crippen molar-refractivity contribution in [2.75, 3.05) is 25.0 Å². The van der Waals surface area contributed by atoms with Crippen molar-refractivity contribution in [3.8, 4) is 0 Å². The molecule has 1 aliphatic heterocycles. The summed E-state index contributed by atoms with van der Waals surface area (Å²) in [5, 5.41) is 7.24. The van der Waals surface area contributed by atoms with Crippen molar-refractivity contribution >= 4 is 17.5 Å². The quantitative estimate of drug-likeness (QED) is 0.755. The van der Waals surface area contributed by atoms with Crippen LogP contribution in [-0.4, -0.2) is 47.0 Å². The van der Waals surface area contributed by atoms with Crippen molar-refractivity contribution in [1.29, 1.82) is 0 Å². The highest BCUT2D eigenvalue weighted by Gasteiger charge is 2.27. The molecule has 2 aromatic heterocycles. The Hall–Kier alpha value is -3.35. The van der Waals surface area contributed by atoms with Gasteiger partial charge in [0, 0.05) is 37.4 Å². The van der Waals surface area contributed by atoms with E-state index < -0.39 is 0 Å². The van der Waals surface area contributed by atoms with Gasteiger partial charge in [-0.05, 0) is 43.2 Å². The number of hydrogen-bond donors (Lipinski definition) is 1. The average molecular weight is 378 g/mol. The second-order valence-electron chi connectivity index (χ2n) is 6.95. The van der Waals surface area contributed by atoms with E-state index in [9.17, 15) is 9.59 Å². The minimum Gasteiger partial charge on any atom is -0.459 e. The van der Waals surface area contributed by atoms with Crippen LogP contribution in [0.3, 0.4) is 0 Å². The molecular formula is C21H22N4O3. The molecule has 0 atom stereocenters. The Morgan fingerprint density at radius 1 is 1.14 bits per heavy atom. The van der Waals surface area contributed by atoms with Crippen LogP contribution in [0.5, 0.6) is 0 Å². The van der Waals surface area contributed by atoms with Gasteiger partial charge in [0.05, 0.1) is 6.26 Å². The van der Waals surface area contributed by atoms with Crippen LogP contribution in [0.2, 0.25) is 0 Å². The summed E-state index contributed by atoms with van der Waals surface area (Å²) in [6.07, 6.45) is 3.14. The molecule has 144 valence electrons. The fourth-order valence-electron chi connectivity index (χ4n) is 3.55. The van der Waals surface area contributed by atoms with Crippen molar-refractivity contribution in [2.45, 2.75) is 18.8 Å². The predicted octanol–water partition coefficient (Wildman–Crippen LogP) is 3.30. The molecule has 3 heterocycles. The van der Waals surface area contributed by atoms with Gasteiger partial charge in [-0.3, -0.25) is 14.7 Å². The van der Waals surface area contributed by atoms with Crippen LogP contribution < -0.4 is 4.90 Å². The molecule has 1 fully saturated rings. The van der Waals surface area contributed by atoms with E-state index in [1.54, 1.807) is 29.0 Å². The van der Waals surface area contributed by atoms with Gasteiger partial charge in [0.15, 0.2) is 11.5 Å². The molecule has 1 aliphatic rings. The van der Waals surface area contributed by atoms with Gasteiger partial charge in [0.1, 0.15) is 0 Å². The molecule has 7 heteroatoms. The first-order chi connectivity index (χ1) is 13.6. The van der Waals surface area contributed by atoms with E-state index in [4.69, 9.17) is 4.42 Å². The topological polar surface area (TPSA) is 82.4 Å². The number of benzene rings is 1. The van der Waals surface area contributed by atoms with Gasteiger partial charge in [-0.1, -0.05) is 18.2 Å². The van der Waals surface area contributed by atoms with Crippen LogP contribution in [0.1, 0.15) is 45.5 Å². The number of aromatic nitrogens is 2. The summed E-state index contributed by atoms with van der Waals surface area (Å²) >= 11 is 0. The number of H-pyrrole nitrogens is 1. The zero-order valence-electron chi connectivity index (χ0n) is 15.7. The summed E-state index contributed by atoms with van der Waals surface area (Å²) in [5.41, 5.74) is 2.16. The van der Waals surface area contributed by atoms with Crippen LogP contribution in [0.4, 0.5) is 5.69 Å². The van der Waals surface area contributed by atoms with Gasteiger partial charge in [0.25, 0.3) is 11.8 Å². The van der Waals surface area contributed by atoms with Crippen LogP contribution in [0.25, 0.3) is 0 Å². The van der Waals surface area contributed by atoms with Gasteiger partial charge >= 0.3 is 0 Å². The third-order valence-corrected chi connectivity index (χ3v) is 5.22. The zero-order valence-corrected chi connectivity index (χ0v) is 15.7. The molecule has 0 spiro atoms. The molecular weight excluding hydrogens is 356 g/mol. The first kappa shape index (κ1) is 18.0. The van der Waals surface area contributed by atoms with Crippen LogP contribution in [-0.2, 0) is 0 Å². The molecule has 0 saturated carbocycles. The Kier molecular flexibility index (Phi) is 4.97. The standard InChI is InChI=1S/C21H22N4O3/c1-24(16-6-3-2-4-7-16)20(26)18-14-17(22-23-18)15-9-11-25(12-10-15)21(27)19-8-5-13-28-19/h2-8,13-15H,9-12H2,1H3,(H,22,23). The molecule has 3 aromatic rings. The van der Waals surface area contributed by atoms with E-state index >= 15 is 0 Å². The molecule has 1 aromatic carbocycles. The number of nitrogens with one attached hydrogen (secondary N) is 1. The average Bonchev–Trinajstić information content (AvgIpc) is 3.45. The normalized spacial score (nSPS) is 14.8. The third kappa shape index (κ3) is 3.55. The number of hydrogen-bond acceptors (Lipinski definition) is 4. The van der Waals surface area contributed by atoms with Crippen LogP contribution in [0, 0.1) is 0 Å². The van der Waals surface area contributed by atoms with E-state index in [2.05, 4.69) is 10.2 Å². The Morgan fingerprint density at radius 3 is 2.57 bits per heavy atom. The minimum atomic E-state index is -0.154. The SMILES string of the molecule is CN(C(=O)c1cc(C2CCN(C(=O)c3ccco3)CC2)[nH]n1)c1ccccc1. The fraction of sp³-hybridized carbons (Fsp3) is 0.286. The number of likely N-dealkylation sites (tertiary alicyclic amines) is 1. The van der Waals surface area contributed by atoms with E-state index in [1.165, 1.54) is 6.26 Å². The zero-order chi connectivity index (χ0) is 19.5. The van der Waals surface area contributed by atoms with Crippen molar-refractivity contribution in [3.05, 3.63) is 71.9 Å². The number of rotatable bonds is 4. The minimum absolute atomic E-state index is 0.0755. The van der Waals surface area contributed by atoms with Gasteiger partial charge in [-0.15, -0.1) is 0 Å². The molecule has 28 heavy (non-hydrogen) atoms. The van der Waals surface area contributed by atoms with E-state index in [1.807, 2.05) is 36.4 Å². The summed E-state index contributed by atoms with van der Waals surface area (Å²) in [4.78, 5) is 28.5. The van der Waals surface area contributed by atoms with Gasteiger partial charge in [-0.2, -0.15) is 5.10 Å². The Labute approximate surface area is 162 Å². The van der Waals surface area contributed by atoms with Crippen LogP contribution >= 0.6 is 0 Å². The summed E-state index contributed by atoms with van der Waals surface area (Å²) in [5.74, 6) is 0.390. The monoisotopic (exact) mass is 378 g/mol. The second-order valence-corrected chi connectivity index (χ2v) is 6.95. The number of aromatic amines is 1. The van der Waals surface area contributed by atoms with Crippen molar-refractivity contribution < 1.29 is 14.0 Å². The third-order valence-electron chi connectivity index (χ3n) is 5.22. The first-order valence-corrected chi connectivity index (χ1v) is 9.34. The van der Waals surface area contributed by atoms with E-state index in [-0.39, 0.29) is 17.7 Å². The molecule has 0 aliphatic carbocycles. The Morgan fingerprint density at radius 2 is 1.89 bits per heavy atom. The maximum Gasteiger partial charge on any atom is 0.289 e. The summed E-state index contributed by atoms with van der Waals surface area (Å²) in [6, 6.07) is 14.7. The summed E-state index contributed by atoms with van der Waals surface area (Å²) in [6.45, 7) is 1.30. The number of amides is 2. The van der Waals surface area contributed by atoms with E-state index in [0.29, 0.717) is 24.5 Å². The Bertz CT molecular complexity index is 941. The van der Waals surface area contributed by atoms with Crippen molar-refractivity contribution in [1.82, 2.24) is 15.1 Å². The molecule has 0 bridgehead atoms. The number of piperidine rings is 1. The largest absolute Gasteiger partial charge is 0.459 e. The van der Waals surface area contributed by atoms with Gasteiger partial charge < -0.3 is 14.2 Å². The number of carbonyl (C=O) groups excluding carboxylic acids is 2. The lowest BCUT2D eigenvalue weighted by Crippen LogP contribution is -2.37. The molecule has 4 rings (SSSR count). The lowest BCUT2D eigenvalue weighted by Gasteiger charge is -2.30. The highest BCUT2D eigenvalue weighted by molar-refractivity contribution is 6.04. The summed E-state index contributed by atoms with van der Waals surface area (Å²) in [7, 11) is 1.74. The van der Waals surface area contributed by atoms with Crippen LogP contribution in [0.15, 0.2) is 59.2 Å². The number of nitrogens with zero attached hydrogens (tertiary/aromatic N) is 3. The lowest BCUT2D eigenvalue weighted by atomic mass is 9.93. The Balaban J connectivity index is 1.39. The second kappa shape index (κ2) is 7.72. The molecule has 0 radical (unpaired) electrons. The van der Waals surface area contributed by atoms with Gasteiger partial charge in [-0.25, -0.2) is 0 Å². The fourth-order valence-corrected chi connectivity index (χ4v) is 3.55. The lowest BCUT2D eigenvalue weighted by molar-refractivity contribution is 0.0680. The smallest absolute Gasteiger partial charge is 0.289 e. The molecule has 0 unspecified atom stereocenters. The highest BCUT2D eigenvalue weighted by Crippen LogP contribution is 2.28. The number of carbonyl (C=O) groups is 2. The van der Waals surface area contributed by atoms with Crippen molar-refractivity contribution in [3.63, 3.8) is 0 Å². The predicted molar refractivity (Wildman–Crippen MR) is 104 cm³/mol. The molecule has 2 amide bonds. The highest BCUT2D eigenvalue weighted by atomic mass is 16.3. The number of anilines is 1. The summed E-state index contributed by atoms with van der Waals surface area (Å²) < 4.78 is 5.20. The van der Waals surface area contributed by atoms with Crippen molar-refractivity contribution in [2.24, 2.45) is 0 Å². The number of para-hydroxylation sites is 1. The van der Waals surface area contributed by atoms with E-state index in [0.717, 1.165) is 24.2 Å². The molecule has 7 nitrogen and oxygen atoms in total. The van der Waals surface area contributed by atoms with Gasteiger partial charge in [0.2, 0.25) is 0 Å². The first-order valence-electron chi connectivity index (χ1n) is 9.34.